The van der Waals surface area contributed by atoms with E-state index in [0.29, 0.717) is 6.04 Å². The zero-order valence-electron chi connectivity index (χ0n) is 10.3. The van der Waals surface area contributed by atoms with Crippen LogP contribution in [0.5, 0.6) is 0 Å². The fourth-order valence-electron chi connectivity index (χ4n) is 1.86. The summed E-state index contributed by atoms with van der Waals surface area (Å²) < 4.78 is 3.08. The minimum atomic E-state index is 0.439. The fraction of sp³-hybridized carbons (Fsp3) is 0.583. The van der Waals surface area contributed by atoms with Gasteiger partial charge in [0.05, 0.1) is 15.9 Å². The monoisotopic (exact) mass is 285 g/mol. The number of halogens is 1. The van der Waals surface area contributed by atoms with Crippen LogP contribution in [0.15, 0.2) is 17.1 Å². The molecule has 3 nitrogen and oxygen atoms in total. The molecule has 0 aliphatic carbocycles. The first kappa shape index (κ1) is 13.5. The van der Waals surface area contributed by atoms with E-state index < -0.39 is 0 Å². The number of nitrogens with one attached hydrogen (secondary N) is 1. The van der Waals surface area contributed by atoms with E-state index in [1.807, 2.05) is 24.7 Å². The van der Waals surface area contributed by atoms with Gasteiger partial charge in [0.25, 0.3) is 0 Å². The van der Waals surface area contributed by atoms with Crippen LogP contribution in [0.25, 0.3) is 0 Å². The highest BCUT2D eigenvalue weighted by Gasteiger charge is 2.15. The second kappa shape index (κ2) is 6.21. The highest BCUT2D eigenvalue weighted by Crippen LogP contribution is 2.22. The molecule has 0 aromatic carbocycles. The van der Waals surface area contributed by atoms with Gasteiger partial charge >= 0.3 is 0 Å². The van der Waals surface area contributed by atoms with Gasteiger partial charge in [-0.15, -0.1) is 6.58 Å². The van der Waals surface area contributed by atoms with Crippen LogP contribution in [0.4, 0.5) is 0 Å². The summed E-state index contributed by atoms with van der Waals surface area (Å²) in [5.74, 6) is 0. The molecule has 16 heavy (non-hydrogen) atoms. The summed E-state index contributed by atoms with van der Waals surface area (Å²) in [6.45, 7) is 8.92. The van der Waals surface area contributed by atoms with Crippen molar-refractivity contribution in [3.63, 3.8) is 0 Å². The van der Waals surface area contributed by atoms with Crippen LogP contribution >= 0.6 is 15.9 Å². The summed E-state index contributed by atoms with van der Waals surface area (Å²) in [4.78, 5) is 0. The predicted molar refractivity (Wildman–Crippen MR) is 71.6 cm³/mol. The van der Waals surface area contributed by atoms with Gasteiger partial charge in [-0.05, 0) is 35.8 Å². The molecule has 1 atom stereocenters. The van der Waals surface area contributed by atoms with Crippen LogP contribution in [-0.4, -0.2) is 22.4 Å². The average Bonchev–Trinajstić information content (AvgIpc) is 2.46. The number of aromatic nitrogens is 2. The highest BCUT2D eigenvalue weighted by molar-refractivity contribution is 9.10. The smallest absolute Gasteiger partial charge is 0.0738 e. The first-order valence-corrected chi connectivity index (χ1v) is 6.41. The number of nitrogens with zero attached hydrogens (tertiary/aromatic N) is 2. The zero-order chi connectivity index (χ0) is 12.1. The van der Waals surface area contributed by atoms with Crippen LogP contribution in [-0.2, 0) is 13.5 Å². The molecule has 0 saturated heterocycles. The Morgan fingerprint density at radius 1 is 1.62 bits per heavy atom. The van der Waals surface area contributed by atoms with Crippen molar-refractivity contribution in [3.8, 4) is 0 Å². The molecule has 1 unspecified atom stereocenters. The van der Waals surface area contributed by atoms with Crippen molar-refractivity contribution in [2.45, 2.75) is 32.7 Å². The number of aryl methyl sites for hydroxylation is 2. The van der Waals surface area contributed by atoms with Crippen molar-refractivity contribution < 1.29 is 0 Å². The third kappa shape index (κ3) is 3.19. The van der Waals surface area contributed by atoms with E-state index in [-0.39, 0.29) is 0 Å². The lowest BCUT2D eigenvalue weighted by atomic mass is 10.1. The van der Waals surface area contributed by atoms with E-state index in [1.54, 1.807) is 0 Å². The Kier molecular flexibility index (Phi) is 5.22. The topological polar surface area (TPSA) is 29.9 Å². The zero-order valence-corrected chi connectivity index (χ0v) is 11.8. The van der Waals surface area contributed by atoms with Crippen LogP contribution < -0.4 is 5.32 Å². The Morgan fingerprint density at radius 3 is 2.75 bits per heavy atom. The molecule has 0 fully saturated rings. The molecular formula is C12H20BrN3. The molecule has 0 aliphatic rings. The predicted octanol–water partition coefficient (Wildman–Crippen LogP) is 2.59. The molecule has 1 heterocycles. The Balaban J connectivity index is 2.79. The molecule has 0 aliphatic heterocycles. The molecule has 0 radical (unpaired) electrons. The molecule has 1 aromatic rings. The maximum absolute atomic E-state index is 4.40. The normalized spacial score (nSPS) is 12.8. The van der Waals surface area contributed by atoms with Crippen LogP contribution in [0, 0.1) is 6.92 Å². The number of likely N-dealkylation sites (N-methyl/N-ethyl adjacent to an activating group) is 1. The second-order valence-corrected chi connectivity index (χ2v) is 4.75. The van der Waals surface area contributed by atoms with Crippen LogP contribution in [0.1, 0.15) is 24.7 Å². The van der Waals surface area contributed by atoms with Gasteiger partial charge in [0.15, 0.2) is 0 Å². The summed E-state index contributed by atoms with van der Waals surface area (Å²) >= 11 is 3.59. The molecular weight excluding hydrogens is 266 g/mol. The second-order valence-electron chi connectivity index (χ2n) is 3.95. The van der Waals surface area contributed by atoms with Crippen molar-refractivity contribution in [1.82, 2.24) is 15.1 Å². The van der Waals surface area contributed by atoms with Gasteiger partial charge in [0.1, 0.15) is 0 Å². The fourth-order valence-corrected chi connectivity index (χ4v) is 2.36. The van der Waals surface area contributed by atoms with E-state index in [4.69, 9.17) is 0 Å². The molecule has 0 saturated carbocycles. The van der Waals surface area contributed by atoms with Crippen molar-refractivity contribution >= 4 is 15.9 Å². The molecule has 1 rings (SSSR count). The highest BCUT2D eigenvalue weighted by atomic mass is 79.9. The lowest BCUT2D eigenvalue weighted by Gasteiger charge is -2.16. The number of hydrogen-bond acceptors (Lipinski definition) is 2. The lowest BCUT2D eigenvalue weighted by Crippen LogP contribution is -2.31. The largest absolute Gasteiger partial charge is 0.314 e. The van der Waals surface area contributed by atoms with Gasteiger partial charge < -0.3 is 5.32 Å². The SMILES string of the molecule is C=CCC(Cc1c(Br)c(C)nn1C)NCC. The minimum absolute atomic E-state index is 0.439. The third-order valence-electron chi connectivity index (χ3n) is 2.65. The van der Waals surface area contributed by atoms with E-state index in [9.17, 15) is 0 Å². The van der Waals surface area contributed by atoms with Crippen LogP contribution in [0.3, 0.4) is 0 Å². The maximum Gasteiger partial charge on any atom is 0.0738 e. The summed E-state index contributed by atoms with van der Waals surface area (Å²) in [6, 6.07) is 0.439. The van der Waals surface area contributed by atoms with Gasteiger partial charge in [-0.1, -0.05) is 13.0 Å². The Bertz CT molecular complexity index is 357. The third-order valence-corrected chi connectivity index (χ3v) is 3.68. The molecule has 1 aromatic heterocycles. The number of rotatable bonds is 6. The standard InChI is InChI=1S/C12H20BrN3/c1-5-7-10(14-6-2)8-11-12(13)9(3)15-16(11)4/h5,10,14H,1,6-8H2,2-4H3. The van der Waals surface area contributed by atoms with Gasteiger partial charge in [0.2, 0.25) is 0 Å². The van der Waals surface area contributed by atoms with Crippen molar-refractivity contribution in [1.29, 1.82) is 0 Å². The average molecular weight is 286 g/mol. The van der Waals surface area contributed by atoms with Gasteiger partial charge in [-0.2, -0.15) is 5.10 Å². The molecule has 0 amide bonds. The van der Waals surface area contributed by atoms with E-state index in [0.717, 1.165) is 29.6 Å². The molecule has 0 bridgehead atoms. The Hall–Kier alpha value is -0.610. The van der Waals surface area contributed by atoms with E-state index in [1.165, 1.54) is 5.69 Å². The lowest BCUT2D eigenvalue weighted by molar-refractivity contribution is 0.511. The maximum atomic E-state index is 4.40. The molecule has 1 N–H and O–H groups in total. The van der Waals surface area contributed by atoms with Gasteiger partial charge in [0, 0.05) is 19.5 Å². The van der Waals surface area contributed by atoms with Crippen molar-refractivity contribution in [3.05, 3.63) is 28.5 Å². The van der Waals surface area contributed by atoms with E-state index in [2.05, 4.69) is 39.8 Å². The van der Waals surface area contributed by atoms with Crippen molar-refractivity contribution in [2.24, 2.45) is 7.05 Å². The van der Waals surface area contributed by atoms with Crippen LogP contribution in [0.2, 0.25) is 0 Å². The van der Waals surface area contributed by atoms with Gasteiger partial charge in [-0.3, -0.25) is 4.68 Å². The molecule has 4 heteroatoms. The summed E-state index contributed by atoms with van der Waals surface area (Å²) in [5.41, 5.74) is 2.29. The summed E-state index contributed by atoms with van der Waals surface area (Å²) in [7, 11) is 1.99. The first-order valence-electron chi connectivity index (χ1n) is 5.62. The van der Waals surface area contributed by atoms with Gasteiger partial charge in [-0.25, -0.2) is 0 Å². The summed E-state index contributed by atoms with van der Waals surface area (Å²) in [6.07, 6.45) is 3.91. The molecule has 90 valence electrons. The summed E-state index contributed by atoms with van der Waals surface area (Å²) in [5, 5.41) is 7.86. The van der Waals surface area contributed by atoms with E-state index >= 15 is 0 Å². The quantitative estimate of drug-likeness (QED) is 0.815. The minimum Gasteiger partial charge on any atom is -0.314 e. The Morgan fingerprint density at radius 2 is 2.31 bits per heavy atom. The Labute approximate surface area is 106 Å². The molecule has 0 spiro atoms. The number of hydrogen-bond donors (Lipinski definition) is 1. The van der Waals surface area contributed by atoms with Crippen molar-refractivity contribution in [2.75, 3.05) is 6.54 Å². The first-order chi connectivity index (χ1) is 7.60.